The van der Waals surface area contributed by atoms with Crippen molar-refractivity contribution < 1.29 is 10.2 Å². The lowest BCUT2D eigenvalue weighted by molar-refractivity contribution is 0.442. The summed E-state index contributed by atoms with van der Waals surface area (Å²) in [7, 11) is 0. The first-order valence-corrected chi connectivity index (χ1v) is 8.53. The van der Waals surface area contributed by atoms with Gasteiger partial charge in [-0.25, -0.2) is 14.5 Å². The average molecular weight is 352 g/mol. The molecule has 1 unspecified atom stereocenters. The predicted molar refractivity (Wildman–Crippen MR) is 95.5 cm³/mol. The molecule has 4 heterocycles. The highest BCUT2D eigenvalue weighted by molar-refractivity contribution is 5.45. The molecule has 26 heavy (non-hydrogen) atoms. The first-order valence-electron chi connectivity index (χ1n) is 8.53. The second-order valence-electron chi connectivity index (χ2n) is 6.86. The molecule has 0 aromatic carbocycles. The molecule has 0 fully saturated rings. The number of aromatic nitrogens is 6. The van der Waals surface area contributed by atoms with E-state index in [1.54, 1.807) is 23.0 Å². The van der Waals surface area contributed by atoms with E-state index in [2.05, 4.69) is 20.1 Å². The Balaban J connectivity index is 1.66. The number of imidazole rings is 2. The summed E-state index contributed by atoms with van der Waals surface area (Å²) in [5.74, 6) is 0.710. The van der Waals surface area contributed by atoms with E-state index < -0.39 is 0 Å². The molecule has 0 aliphatic carbocycles. The van der Waals surface area contributed by atoms with Crippen molar-refractivity contribution in [3.63, 3.8) is 0 Å². The summed E-state index contributed by atoms with van der Waals surface area (Å²) in [5, 5.41) is 24.8. The second kappa shape index (κ2) is 5.98. The molecule has 0 saturated heterocycles. The highest BCUT2D eigenvalue weighted by Crippen LogP contribution is 2.28. The Morgan fingerprint density at radius 2 is 1.92 bits per heavy atom. The summed E-state index contributed by atoms with van der Waals surface area (Å²) in [6.07, 6.45) is 7.73. The summed E-state index contributed by atoms with van der Waals surface area (Å²) < 4.78 is 3.47. The fourth-order valence-corrected chi connectivity index (χ4v) is 3.10. The van der Waals surface area contributed by atoms with Crippen LogP contribution in [-0.2, 0) is 6.42 Å². The summed E-state index contributed by atoms with van der Waals surface area (Å²) >= 11 is 0. The summed E-state index contributed by atoms with van der Waals surface area (Å²) in [6.45, 7) is 5.99. The van der Waals surface area contributed by atoms with Crippen LogP contribution in [0, 0.1) is 0 Å². The smallest absolute Gasteiger partial charge is 0.237 e. The highest BCUT2D eigenvalue weighted by Gasteiger charge is 2.18. The van der Waals surface area contributed by atoms with Crippen molar-refractivity contribution in [3.8, 4) is 11.6 Å². The monoisotopic (exact) mass is 352 g/mol. The minimum atomic E-state index is -0.0510. The van der Waals surface area contributed by atoms with Gasteiger partial charge in [0.1, 0.15) is 11.4 Å². The van der Waals surface area contributed by atoms with Crippen LogP contribution in [0.4, 0.5) is 0 Å². The van der Waals surface area contributed by atoms with E-state index in [1.165, 1.54) is 0 Å². The summed E-state index contributed by atoms with van der Waals surface area (Å²) in [5.41, 5.74) is 2.79. The van der Waals surface area contributed by atoms with Crippen molar-refractivity contribution in [2.45, 2.75) is 39.0 Å². The lowest BCUT2D eigenvalue weighted by Crippen LogP contribution is -2.05. The molecule has 8 heteroatoms. The number of fused-ring (bicyclic) bond motifs is 2. The number of nitrogens with zero attached hydrogens (tertiary/aromatic N) is 6. The first-order chi connectivity index (χ1) is 12.4. The van der Waals surface area contributed by atoms with Crippen LogP contribution in [0.3, 0.4) is 0 Å². The molecule has 1 atom stereocenters. The number of rotatable bonds is 4. The van der Waals surface area contributed by atoms with E-state index in [0.29, 0.717) is 23.5 Å². The van der Waals surface area contributed by atoms with Crippen molar-refractivity contribution in [1.29, 1.82) is 0 Å². The van der Waals surface area contributed by atoms with Crippen LogP contribution in [0.5, 0.6) is 11.6 Å². The van der Waals surface area contributed by atoms with Crippen LogP contribution in [-0.4, -0.2) is 39.2 Å². The Bertz CT molecular complexity index is 1100. The van der Waals surface area contributed by atoms with Crippen LogP contribution in [0.25, 0.3) is 11.4 Å². The molecule has 0 aliphatic rings. The van der Waals surface area contributed by atoms with Gasteiger partial charge in [-0.05, 0) is 12.3 Å². The normalized spacial score (nSPS) is 13.1. The topological polar surface area (TPSA) is 101 Å². The number of aromatic hydroxyl groups is 2. The van der Waals surface area contributed by atoms with Crippen LogP contribution in [0.2, 0.25) is 0 Å². The maximum atomic E-state index is 10.3. The minimum Gasteiger partial charge on any atom is -0.506 e. The van der Waals surface area contributed by atoms with Gasteiger partial charge in [0, 0.05) is 42.3 Å². The summed E-state index contributed by atoms with van der Waals surface area (Å²) in [6, 6.07) is 1.61. The molecule has 4 aromatic heterocycles. The Kier molecular flexibility index (Phi) is 3.75. The molecule has 0 amide bonds. The van der Waals surface area contributed by atoms with E-state index in [4.69, 9.17) is 0 Å². The van der Waals surface area contributed by atoms with Gasteiger partial charge in [-0.15, -0.1) is 0 Å². The Labute approximate surface area is 149 Å². The zero-order chi connectivity index (χ0) is 18.4. The van der Waals surface area contributed by atoms with Gasteiger partial charge in [0.2, 0.25) is 11.7 Å². The molecule has 0 radical (unpaired) electrons. The van der Waals surface area contributed by atoms with E-state index in [1.807, 2.05) is 37.6 Å². The Morgan fingerprint density at radius 3 is 2.69 bits per heavy atom. The maximum absolute atomic E-state index is 10.3. The van der Waals surface area contributed by atoms with Crippen LogP contribution < -0.4 is 0 Å². The zero-order valence-electron chi connectivity index (χ0n) is 14.8. The third kappa shape index (κ3) is 2.73. The maximum Gasteiger partial charge on any atom is 0.237 e. The van der Waals surface area contributed by atoms with Crippen molar-refractivity contribution in [2.75, 3.05) is 0 Å². The molecule has 0 spiro atoms. The molecule has 0 aliphatic heterocycles. The molecular weight excluding hydrogens is 332 g/mol. The van der Waals surface area contributed by atoms with Gasteiger partial charge in [-0.1, -0.05) is 20.8 Å². The first kappa shape index (κ1) is 16.3. The van der Waals surface area contributed by atoms with Gasteiger partial charge in [0.25, 0.3) is 0 Å². The van der Waals surface area contributed by atoms with E-state index >= 15 is 0 Å². The van der Waals surface area contributed by atoms with Crippen molar-refractivity contribution in [3.05, 3.63) is 47.8 Å². The van der Waals surface area contributed by atoms with E-state index in [0.717, 1.165) is 11.3 Å². The Hall–Kier alpha value is -3.16. The minimum absolute atomic E-state index is 0.0163. The predicted octanol–water partition coefficient (Wildman–Crippen LogP) is 2.65. The fourth-order valence-electron chi connectivity index (χ4n) is 3.10. The van der Waals surface area contributed by atoms with Crippen LogP contribution in [0.15, 0.2) is 30.9 Å². The van der Waals surface area contributed by atoms with Gasteiger partial charge in [-0.2, -0.15) is 10.1 Å². The van der Waals surface area contributed by atoms with Gasteiger partial charge in [-0.3, -0.25) is 4.40 Å². The van der Waals surface area contributed by atoms with Crippen molar-refractivity contribution in [2.24, 2.45) is 0 Å². The highest BCUT2D eigenvalue weighted by atomic mass is 16.3. The summed E-state index contributed by atoms with van der Waals surface area (Å²) in [4.78, 5) is 12.8. The third-order valence-corrected chi connectivity index (χ3v) is 4.50. The third-order valence-electron chi connectivity index (χ3n) is 4.50. The zero-order valence-corrected chi connectivity index (χ0v) is 14.8. The van der Waals surface area contributed by atoms with E-state index in [9.17, 15) is 10.2 Å². The lowest BCUT2D eigenvalue weighted by atomic mass is 10.0. The largest absolute Gasteiger partial charge is 0.506 e. The number of hydrogen-bond acceptors (Lipinski definition) is 6. The SMILES string of the molecule is CC(C)c1cn2cc(CC(C)c3nn4ccnc4cc3O)nc2nc1O. The Morgan fingerprint density at radius 1 is 1.12 bits per heavy atom. The molecule has 0 saturated carbocycles. The second-order valence-corrected chi connectivity index (χ2v) is 6.86. The average Bonchev–Trinajstić information content (AvgIpc) is 3.18. The van der Waals surface area contributed by atoms with Crippen LogP contribution >= 0.6 is 0 Å². The molecule has 8 nitrogen and oxygen atoms in total. The van der Waals surface area contributed by atoms with Crippen LogP contribution in [0.1, 0.15) is 49.6 Å². The van der Waals surface area contributed by atoms with E-state index in [-0.39, 0.29) is 23.5 Å². The standard InChI is InChI=1S/C18H20N6O2/c1-10(2)13-9-23-8-12(20-18(23)21-17(13)26)6-11(3)16-14(25)7-15-19-4-5-24(15)22-16/h4-5,7-11,25H,6H2,1-3H3,(H,20,21,26). The molecule has 134 valence electrons. The van der Waals surface area contributed by atoms with Gasteiger partial charge in [0.05, 0.1) is 5.69 Å². The number of hydrogen-bond donors (Lipinski definition) is 2. The quantitative estimate of drug-likeness (QED) is 0.585. The molecule has 4 aromatic rings. The molecular formula is C18H20N6O2. The van der Waals surface area contributed by atoms with Gasteiger partial charge < -0.3 is 10.2 Å². The lowest BCUT2D eigenvalue weighted by Gasteiger charge is -2.11. The molecule has 2 N–H and O–H groups in total. The van der Waals surface area contributed by atoms with Crippen molar-refractivity contribution in [1.82, 2.24) is 29.0 Å². The van der Waals surface area contributed by atoms with Gasteiger partial charge >= 0.3 is 0 Å². The molecule has 4 rings (SSSR count). The molecule has 0 bridgehead atoms. The fraction of sp³-hybridized carbons (Fsp3) is 0.333. The van der Waals surface area contributed by atoms with Gasteiger partial charge in [0.15, 0.2) is 5.65 Å². The van der Waals surface area contributed by atoms with Crippen molar-refractivity contribution >= 4 is 11.4 Å².